The van der Waals surface area contributed by atoms with Gasteiger partial charge < -0.3 is 5.11 Å². The highest BCUT2D eigenvalue weighted by molar-refractivity contribution is 6.06. The molecule has 0 radical (unpaired) electrons. The molecular weight excluding hydrogens is 228 g/mol. The molecule has 0 aromatic carbocycles. The Morgan fingerprint density at radius 3 is 2.72 bits per heavy atom. The van der Waals surface area contributed by atoms with Crippen LogP contribution in [0.3, 0.4) is 0 Å². The van der Waals surface area contributed by atoms with Gasteiger partial charge in [-0.05, 0) is 61.2 Å². The zero-order chi connectivity index (χ0) is 12.7. The minimum absolute atomic E-state index is 0.0686. The number of carbonyl (C=O) groups excluding carboxylic acids is 1. The topological polar surface area (TPSA) is 54.4 Å². The number of allylic oxidation sites excluding steroid dienone is 3. The molecule has 3 aliphatic rings. The first-order chi connectivity index (χ1) is 8.68. The lowest BCUT2D eigenvalue weighted by atomic mass is 9.63. The number of rotatable bonds is 1. The molecule has 0 spiro atoms. The number of carboxylic acid groups (broad SMARTS) is 1. The minimum Gasteiger partial charge on any atom is -0.481 e. The number of carboxylic acids is 1. The number of ketones is 1. The third kappa shape index (κ3) is 1.73. The van der Waals surface area contributed by atoms with Crippen molar-refractivity contribution in [2.24, 2.45) is 17.8 Å². The van der Waals surface area contributed by atoms with Gasteiger partial charge in [0.25, 0.3) is 0 Å². The molecule has 3 rings (SSSR count). The van der Waals surface area contributed by atoms with E-state index in [1.54, 1.807) is 6.08 Å². The summed E-state index contributed by atoms with van der Waals surface area (Å²) in [5.74, 6) is -0.505. The zero-order valence-electron chi connectivity index (χ0n) is 10.4. The van der Waals surface area contributed by atoms with Crippen molar-refractivity contribution in [3.05, 3.63) is 23.3 Å². The molecule has 3 nitrogen and oxygen atoms in total. The molecule has 1 N–H and O–H groups in total. The third-order valence-electron chi connectivity index (χ3n) is 4.69. The molecule has 3 atom stereocenters. The van der Waals surface area contributed by atoms with E-state index in [4.69, 9.17) is 0 Å². The molecule has 18 heavy (non-hydrogen) atoms. The van der Waals surface area contributed by atoms with Crippen LogP contribution in [0.15, 0.2) is 23.3 Å². The van der Waals surface area contributed by atoms with E-state index >= 15 is 0 Å². The molecule has 0 aromatic heterocycles. The van der Waals surface area contributed by atoms with Crippen LogP contribution in [0.4, 0.5) is 0 Å². The average Bonchev–Trinajstić information content (AvgIpc) is 2.38. The zero-order valence-corrected chi connectivity index (χ0v) is 10.4. The Balaban J connectivity index is 2.01. The number of carbonyl (C=O) groups is 2. The first-order valence-electron chi connectivity index (χ1n) is 6.87. The molecule has 0 aliphatic heterocycles. The summed E-state index contributed by atoms with van der Waals surface area (Å²) in [5.41, 5.74) is 1.86. The first-order valence-corrected chi connectivity index (χ1v) is 6.87. The monoisotopic (exact) mass is 246 g/mol. The van der Waals surface area contributed by atoms with Crippen LogP contribution < -0.4 is 0 Å². The fourth-order valence-electron chi connectivity index (χ4n) is 3.88. The van der Waals surface area contributed by atoms with Gasteiger partial charge in [-0.15, -0.1) is 0 Å². The van der Waals surface area contributed by atoms with Crippen molar-refractivity contribution in [1.82, 2.24) is 0 Å². The van der Waals surface area contributed by atoms with Crippen molar-refractivity contribution in [2.75, 3.05) is 0 Å². The van der Waals surface area contributed by atoms with Crippen molar-refractivity contribution in [3.63, 3.8) is 0 Å². The smallest absolute Gasteiger partial charge is 0.310 e. The van der Waals surface area contributed by atoms with E-state index in [0.717, 1.165) is 43.3 Å². The van der Waals surface area contributed by atoms with Gasteiger partial charge >= 0.3 is 5.97 Å². The SMILES string of the molecule is O=C1C=C2C(C(=O)O)CCCC2C2CCCC=C12. The Kier molecular flexibility index (Phi) is 2.84. The van der Waals surface area contributed by atoms with Crippen LogP contribution in [0.25, 0.3) is 0 Å². The summed E-state index contributed by atoms with van der Waals surface area (Å²) in [6.45, 7) is 0. The Morgan fingerprint density at radius 2 is 1.94 bits per heavy atom. The summed E-state index contributed by atoms with van der Waals surface area (Å²) < 4.78 is 0. The molecule has 96 valence electrons. The molecule has 0 heterocycles. The molecule has 1 saturated carbocycles. The summed E-state index contributed by atoms with van der Waals surface area (Å²) in [6, 6.07) is 0. The van der Waals surface area contributed by atoms with Gasteiger partial charge in [-0.2, -0.15) is 0 Å². The van der Waals surface area contributed by atoms with E-state index < -0.39 is 11.9 Å². The van der Waals surface area contributed by atoms with Gasteiger partial charge in [-0.25, -0.2) is 0 Å². The summed E-state index contributed by atoms with van der Waals surface area (Å²) in [4.78, 5) is 23.4. The van der Waals surface area contributed by atoms with Gasteiger partial charge in [0.2, 0.25) is 0 Å². The van der Waals surface area contributed by atoms with Gasteiger partial charge in [0, 0.05) is 0 Å². The van der Waals surface area contributed by atoms with E-state index in [1.165, 1.54) is 0 Å². The third-order valence-corrected chi connectivity index (χ3v) is 4.69. The van der Waals surface area contributed by atoms with Crippen molar-refractivity contribution in [2.45, 2.75) is 38.5 Å². The largest absolute Gasteiger partial charge is 0.481 e. The molecule has 0 aromatic rings. The Morgan fingerprint density at radius 1 is 1.17 bits per heavy atom. The number of hydrogen-bond acceptors (Lipinski definition) is 2. The Labute approximate surface area is 107 Å². The van der Waals surface area contributed by atoms with Gasteiger partial charge in [-0.3, -0.25) is 9.59 Å². The number of aliphatic carboxylic acids is 1. The summed E-state index contributed by atoms with van der Waals surface area (Å²) in [6.07, 6.45) is 9.59. The quantitative estimate of drug-likeness (QED) is 0.774. The predicted molar refractivity (Wildman–Crippen MR) is 67.0 cm³/mol. The van der Waals surface area contributed by atoms with E-state index in [0.29, 0.717) is 18.3 Å². The highest BCUT2D eigenvalue weighted by atomic mass is 16.4. The molecule has 3 heteroatoms. The van der Waals surface area contributed by atoms with Crippen LogP contribution in [-0.2, 0) is 9.59 Å². The molecular formula is C15H18O3. The van der Waals surface area contributed by atoms with Crippen molar-refractivity contribution < 1.29 is 14.7 Å². The lowest BCUT2D eigenvalue weighted by Gasteiger charge is -2.40. The molecule has 3 unspecified atom stereocenters. The summed E-state index contributed by atoms with van der Waals surface area (Å²) in [5, 5.41) is 9.29. The maximum atomic E-state index is 12.1. The summed E-state index contributed by atoms with van der Waals surface area (Å²) in [7, 11) is 0. The molecule has 0 amide bonds. The van der Waals surface area contributed by atoms with Crippen LogP contribution in [-0.4, -0.2) is 16.9 Å². The van der Waals surface area contributed by atoms with Gasteiger partial charge in [-0.1, -0.05) is 12.5 Å². The van der Waals surface area contributed by atoms with Crippen molar-refractivity contribution >= 4 is 11.8 Å². The minimum atomic E-state index is -0.762. The number of hydrogen-bond donors (Lipinski definition) is 1. The maximum absolute atomic E-state index is 12.1. The second-order valence-electron chi connectivity index (χ2n) is 5.63. The van der Waals surface area contributed by atoms with Gasteiger partial charge in [0.1, 0.15) is 0 Å². The van der Waals surface area contributed by atoms with Crippen LogP contribution in [0, 0.1) is 17.8 Å². The molecule has 0 saturated heterocycles. The molecule has 1 fully saturated rings. The van der Waals surface area contributed by atoms with Crippen LogP contribution in [0.1, 0.15) is 38.5 Å². The lowest BCUT2D eigenvalue weighted by Crippen LogP contribution is -2.36. The van der Waals surface area contributed by atoms with E-state index in [2.05, 4.69) is 6.08 Å². The van der Waals surface area contributed by atoms with Gasteiger partial charge in [0.05, 0.1) is 5.92 Å². The predicted octanol–water partition coefficient (Wildman–Crippen LogP) is 2.72. The first kappa shape index (κ1) is 11.7. The van der Waals surface area contributed by atoms with Gasteiger partial charge in [0.15, 0.2) is 5.78 Å². The fraction of sp³-hybridized carbons (Fsp3) is 0.600. The Hall–Kier alpha value is -1.38. The fourth-order valence-corrected chi connectivity index (χ4v) is 3.88. The highest BCUT2D eigenvalue weighted by Crippen LogP contribution is 2.47. The van der Waals surface area contributed by atoms with E-state index in [1.807, 2.05) is 0 Å². The molecule has 0 bridgehead atoms. The lowest BCUT2D eigenvalue weighted by molar-refractivity contribution is -0.141. The van der Waals surface area contributed by atoms with E-state index in [-0.39, 0.29) is 5.78 Å². The standard InChI is InChI=1S/C15H18O3/c16-14-8-13-10(6-3-7-12(13)15(17)18)9-4-1-2-5-11(9)14/h5,8-10,12H,1-4,6-7H2,(H,17,18). The maximum Gasteiger partial charge on any atom is 0.310 e. The van der Waals surface area contributed by atoms with Crippen molar-refractivity contribution in [3.8, 4) is 0 Å². The number of fused-ring (bicyclic) bond motifs is 3. The molecule has 3 aliphatic carbocycles. The van der Waals surface area contributed by atoms with Crippen LogP contribution in [0.2, 0.25) is 0 Å². The highest BCUT2D eigenvalue weighted by Gasteiger charge is 2.42. The van der Waals surface area contributed by atoms with Crippen molar-refractivity contribution in [1.29, 1.82) is 0 Å². The van der Waals surface area contributed by atoms with Crippen LogP contribution >= 0.6 is 0 Å². The van der Waals surface area contributed by atoms with Crippen LogP contribution in [0.5, 0.6) is 0 Å². The second-order valence-corrected chi connectivity index (χ2v) is 5.63. The second kappa shape index (κ2) is 4.38. The average molecular weight is 246 g/mol. The Bertz CT molecular complexity index is 458. The summed E-state index contributed by atoms with van der Waals surface area (Å²) >= 11 is 0. The van der Waals surface area contributed by atoms with E-state index in [9.17, 15) is 14.7 Å². The normalized spacial score (nSPS) is 35.1.